The van der Waals surface area contributed by atoms with Crippen LogP contribution in [0.25, 0.3) is 0 Å². The number of carbonyl (C=O) groups excluding carboxylic acids is 1. The zero-order valence-electron chi connectivity index (χ0n) is 36.6. The standard InChI is InChI=1S/C49H99NO3/c1-3-5-7-9-11-13-15-17-18-19-20-21-22-23-24-25-26-27-28-29-30-31-33-35-37-39-41-43-45-49(53)50-47(46-51)48(52)44-42-40-38-36-34-32-16-14-12-10-8-6-4-2/h47-48,51-52H,3-46H2,1-2H3,(H,50,53). The average Bonchev–Trinajstić information content (AvgIpc) is 3.16. The Labute approximate surface area is 334 Å². The number of unbranched alkanes of at least 4 members (excludes halogenated alkanes) is 39. The summed E-state index contributed by atoms with van der Waals surface area (Å²) in [7, 11) is 0. The molecule has 0 aliphatic carbocycles. The van der Waals surface area contributed by atoms with E-state index >= 15 is 0 Å². The van der Waals surface area contributed by atoms with E-state index in [0.717, 1.165) is 25.7 Å². The molecule has 0 aromatic rings. The first kappa shape index (κ1) is 52.4. The summed E-state index contributed by atoms with van der Waals surface area (Å²) >= 11 is 0. The summed E-state index contributed by atoms with van der Waals surface area (Å²) in [5.74, 6) is -0.0247. The molecule has 0 bridgehead atoms. The molecule has 0 aliphatic heterocycles. The fourth-order valence-electron chi connectivity index (χ4n) is 8.07. The van der Waals surface area contributed by atoms with Crippen molar-refractivity contribution in [2.45, 2.75) is 302 Å². The fraction of sp³-hybridized carbons (Fsp3) is 0.980. The average molecular weight is 750 g/mol. The third-order valence-electron chi connectivity index (χ3n) is 11.9. The lowest BCUT2D eigenvalue weighted by Gasteiger charge is -2.22. The van der Waals surface area contributed by atoms with Gasteiger partial charge >= 0.3 is 0 Å². The van der Waals surface area contributed by atoms with E-state index in [0.29, 0.717) is 12.8 Å². The summed E-state index contributed by atoms with van der Waals surface area (Å²) < 4.78 is 0. The van der Waals surface area contributed by atoms with Crippen LogP contribution in [0.2, 0.25) is 0 Å². The van der Waals surface area contributed by atoms with Crippen LogP contribution in [0.4, 0.5) is 0 Å². The van der Waals surface area contributed by atoms with Crippen LogP contribution >= 0.6 is 0 Å². The van der Waals surface area contributed by atoms with E-state index in [9.17, 15) is 15.0 Å². The van der Waals surface area contributed by atoms with Gasteiger partial charge in [-0.25, -0.2) is 0 Å². The normalized spacial score (nSPS) is 12.8. The SMILES string of the molecule is CCCCCCCCCCCCCCCCCCCCCCCCCCCCCCC(=O)NC(CO)C(O)CCCCCCCCCCCCCCC. The zero-order chi connectivity index (χ0) is 38.6. The van der Waals surface area contributed by atoms with Crippen molar-refractivity contribution in [2.75, 3.05) is 6.61 Å². The third-order valence-corrected chi connectivity index (χ3v) is 11.9. The lowest BCUT2D eigenvalue weighted by molar-refractivity contribution is -0.123. The van der Waals surface area contributed by atoms with Gasteiger partial charge in [0, 0.05) is 6.42 Å². The van der Waals surface area contributed by atoms with Crippen molar-refractivity contribution in [2.24, 2.45) is 0 Å². The molecule has 53 heavy (non-hydrogen) atoms. The minimum Gasteiger partial charge on any atom is -0.394 e. The molecule has 0 radical (unpaired) electrons. The number of amides is 1. The first-order valence-electron chi connectivity index (χ1n) is 24.7. The van der Waals surface area contributed by atoms with Gasteiger partial charge in [0.15, 0.2) is 0 Å². The molecule has 4 heteroatoms. The van der Waals surface area contributed by atoms with Crippen LogP contribution in [0.1, 0.15) is 290 Å². The topological polar surface area (TPSA) is 69.6 Å². The highest BCUT2D eigenvalue weighted by molar-refractivity contribution is 5.76. The van der Waals surface area contributed by atoms with Crippen LogP contribution in [-0.2, 0) is 4.79 Å². The highest BCUT2D eigenvalue weighted by Crippen LogP contribution is 2.18. The minimum absolute atomic E-state index is 0.0247. The van der Waals surface area contributed by atoms with Crippen LogP contribution in [0, 0.1) is 0 Å². The van der Waals surface area contributed by atoms with Crippen molar-refractivity contribution in [1.29, 1.82) is 0 Å². The van der Waals surface area contributed by atoms with E-state index in [1.54, 1.807) is 0 Å². The Morgan fingerprint density at radius 1 is 0.377 bits per heavy atom. The number of hydrogen-bond donors (Lipinski definition) is 3. The smallest absolute Gasteiger partial charge is 0.220 e. The number of rotatable bonds is 46. The van der Waals surface area contributed by atoms with Gasteiger partial charge in [-0.2, -0.15) is 0 Å². The predicted octanol–water partition coefficient (Wildman–Crippen LogP) is 15.6. The Bertz CT molecular complexity index is 685. The van der Waals surface area contributed by atoms with Crippen LogP contribution < -0.4 is 5.32 Å². The van der Waals surface area contributed by atoms with E-state index in [1.807, 2.05) is 0 Å². The number of hydrogen-bond acceptors (Lipinski definition) is 3. The molecule has 0 saturated heterocycles. The summed E-state index contributed by atoms with van der Waals surface area (Å²) in [6, 6.07) is -0.529. The van der Waals surface area contributed by atoms with E-state index in [2.05, 4.69) is 19.2 Å². The number of aliphatic hydroxyl groups excluding tert-OH is 2. The second-order valence-corrected chi connectivity index (χ2v) is 17.3. The van der Waals surface area contributed by atoms with Crippen molar-refractivity contribution in [3.8, 4) is 0 Å². The van der Waals surface area contributed by atoms with E-state index in [1.165, 1.54) is 238 Å². The summed E-state index contributed by atoms with van der Waals surface area (Å²) in [5.41, 5.74) is 0. The van der Waals surface area contributed by atoms with Crippen LogP contribution in [-0.4, -0.2) is 34.9 Å². The van der Waals surface area contributed by atoms with E-state index < -0.39 is 12.1 Å². The predicted molar refractivity (Wildman–Crippen MR) is 235 cm³/mol. The molecule has 2 atom stereocenters. The summed E-state index contributed by atoms with van der Waals surface area (Å²) in [6.07, 6.45) is 56.4. The van der Waals surface area contributed by atoms with E-state index in [-0.39, 0.29) is 12.5 Å². The number of carbonyl (C=O) groups is 1. The molecule has 1 amide bonds. The van der Waals surface area contributed by atoms with Gasteiger partial charge in [0.25, 0.3) is 0 Å². The molecule has 0 aromatic carbocycles. The molecule has 0 fully saturated rings. The molecule has 4 nitrogen and oxygen atoms in total. The summed E-state index contributed by atoms with van der Waals surface area (Å²) in [5, 5.41) is 23.2. The van der Waals surface area contributed by atoms with Crippen LogP contribution in [0.15, 0.2) is 0 Å². The second-order valence-electron chi connectivity index (χ2n) is 17.3. The molecule has 0 aliphatic rings. The molecule has 0 saturated carbocycles. The van der Waals surface area contributed by atoms with Gasteiger partial charge in [-0.05, 0) is 12.8 Å². The lowest BCUT2D eigenvalue weighted by atomic mass is 10.0. The highest BCUT2D eigenvalue weighted by atomic mass is 16.3. The molecular formula is C49H99NO3. The monoisotopic (exact) mass is 750 g/mol. The van der Waals surface area contributed by atoms with Crippen molar-refractivity contribution in [3.05, 3.63) is 0 Å². The third kappa shape index (κ3) is 42.4. The maximum absolute atomic E-state index is 12.4. The Morgan fingerprint density at radius 2 is 0.604 bits per heavy atom. The van der Waals surface area contributed by atoms with Gasteiger partial charge in [-0.15, -0.1) is 0 Å². The van der Waals surface area contributed by atoms with Crippen molar-refractivity contribution in [1.82, 2.24) is 5.32 Å². The first-order chi connectivity index (χ1) is 26.2. The van der Waals surface area contributed by atoms with Crippen molar-refractivity contribution < 1.29 is 15.0 Å². The molecule has 3 N–H and O–H groups in total. The van der Waals surface area contributed by atoms with Gasteiger partial charge in [0.1, 0.15) is 0 Å². The highest BCUT2D eigenvalue weighted by Gasteiger charge is 2.20. The summed E-state index contributed by atoms with van der Waals surface area (Å²) in [4.78, 5) is 12.4. The minimum atomic E-state index is -0.652. The summed E-state index contributed by atoms with van der Waals surface area (Å²) in [6.45, 7) is 4.38. The Balaban J connectivity index is 3.38. The Hall–Kier alpha value is -0.610. The molecule has 0 spiro atoms. The van der Waals surface area contributed by atoms with Crippen LogP contribution in [0.5, 0.6) is 0 Å². The van der Waals surface area contributed by atoms with Gasteiger partial charge in [-0.3, -0.25) is 4.79 Å². The van der Waals surface area contributed by atoms with Gasteiger partial charge < -0.3 is 15.5 Å². The maximum atomic E-state index is 12.4. The van der Waals surface area contributed by atoms with Gasteiger partial charge in [0.2, 0.25) is 5.91 Å². The lowest BCUT2D eigenvalue weighted by Crippen LogP contribution is -2.45. The van der Waals surface area contributed by atoms with Crippen LogP contribution in [0.3, 0.4) is 0 Å². The quantitative estimate of drug-likeness (QED) is 0.0543. The zero-order valence-corrected chi connectivity index (χ0v) is 36.6. The van der Waals surface area contributed by atoms with Crippen molar-refractivity contribution in [3.63, 3.8) is 0 Å². The molecular weight excluding hydrogens is 651 g/mol. The first-order valence-corrected chi connectivity index (χ1v) is 24.7. The van der Waals surface area contributed by atoms with Gasteiger partial charge in [0.05, 0.1) is 18.8 Å². The van der Waals surface area contributed by atoms with Gasteiger partial charge in [-0.1, -0.05) is 271 Å². The Kier molecular flexibility index (Phi) is 45.3. The Morgan fingerprint density at radius 3 is 0.849 bits per heavy atom. The van der Waals surface area contributed by atoms with Crippen molar-refractivity contribution >= 4 is 5.91 Å². The fourth-order valence-corrected chi connectivity index (χ4v) is 8.07. The largest absolute Gasteiger partial charge is 0.394 e. The molecule has 318 valence electrons. The number of nitrogens with one attached hydrogen (secondary N) is 1. The molecule has 0 heterocycles. The molecule has 0 rings (SSSR count). The van der Waals surface area contributed by atoms with E-state index in [4.69, 9.17) is 0 Å². The second kappa shape index (κ2) is 45.8. The maximum Gasteiger partial charge on any atom is 0.220 e. The number of aliphatic hydroxyl groups is 2. The molecule has 2 unspecified atom stereocenters. The molecule has 0 aromatic heterocycles.